The third-order valence-electron chi connectivity index (χ3n) is 5.60. The number of aromatic nitrogens is 2. The molecule has 1 amide bonds. The van der Waals surface area contributed by atoms with Crippen LogP contribution in [-0.2, 0) is 16.1 Å². The van der Waals surface area contributed by atoms with Gasteiger partial charge in [-0.05, 0) is 31.0 Å². The van der Waals surface area contributed by atoms with E-state index >= 15 is 0 Å². The van der Waals surface area contributed by atoms with Gasteiger partial charge in [-0.15, -0.1) is 0 Å². The summed E-state index contributed by atoms with van der Waals surface area (Å²) in [6.07, 6.45) is 0. The molecule has 0 unspecified atom stereocenters. The number of benzene rings is 3. The third-order valence-corrected chi connectivity index (χ3v) is 5.60. The summed E-state index contributed by atoms with van der Waals surface area (Å²) < 4.78 is 5.99. The van der Waals surface area contributed by atoms with E-state index in [2.05, 4.69) is 10.4 Å². The monoisotopic (exact) mass is 467 g/mol. The van der Waals surface area contributed by atoms with Crippen LogP contribution in [0.25, 0.3) is 22.4 Å². The number of nitrogens with zero attached hydrogens (tertiary/aromatic N) is 2. The predicted octanol–water partition coefficient (Wildman–Crippen LogP) is 4.62. The van der Waals surface area contributed by atoms with Crippen LogP contribution in [0.15, 0.2) is 83.7 Å². The fourth-order valence-corrected chi connectivity index (χ4v) is 3.93. The van der Waals surface area contributed by atoms with Crippen LogP contribution in [0.1, 0.15) is 21.5 Å². The van der Waals surface area contributed by atoms with Crippen LogP contribution in [0, 0.1) is 13.8 Å². The summed E-state index contributed by atoms with van der Waals surface area (Å²) in [6.45, 7) is 3.49. The molecule has 0 atom stereocenters. The molecule has 0 aliphatic heterocycles. The van der Waals surface area contributed by atoms with Crippen molar-refractivity contribution in [2.75, 3.05) is 12.4 Å². The van der Waals surface area contributed by atoms with Crippen LogP contribution in [-0.4, -0.2) is 28.8 Å². The first kappa shape index (κ1) is 23.6. The lowest BCUT2D eigenvalue weighted by Crippen LogP contribution is -2.34. The standard InChI is InChI=1S/C28H25N3O4/c1-18-14-15-22(19(2)16-18)29-23(32)17-31-27(33)25(28(34)35-3)24(20-10-6-4-7-11-20)26(30-31)21-12-8-5-9-13-21/h4-16H,17H2,1-3H3,(H,29,32). The largest absolute Gasteiger partial charge is 0.465 e. The molecule has 7 nitrogen and oxygen atoms in total. The van der Waals surface area contributed by atoms with Gasteiger partial charge in [-0.25, -0.2) is 9.48 Å². The van der Waals surface area contributed by atoms with E-state index in [1.54, 1.807) is 12.1 Å². The van der Waals surface area contributed by atoms with Crippen LogP contribution in [0.2, 0.25) is 0 Å². The van der Waals surface area contributed by atoms with Crippen molar-refractivity contribution in [2.45, 2.75) is 20.4 Å². The predicted molar refractivity (Wildman–Crippen MR) is 135 cm³/mol. The zero-order valence-corrected chi connectivity index (χ0v) is 19.7. The molecule has 0 aliphatic rings. The second-order valence-corrected chi connectivity index (χ2v) is 8.15. The number of rotatable bonds is 6. The summed E-state index contributed by atoms with van der Waals surface area (Å²) in [5, 5.41) is 7.38. The van der Waals surface area contributed by atoms with Crippen molar-refractivity contribution < 1.29 is 14.3 Å². The number of ether oxygens (including phenoxy) is 1. The molecule has 4 rings (SSSR count). The van der Waals surface area contributed by atoms with Crippen molar-refractivity contribution in [3.05, 3.63) is 106 Å². The Balaban J connectivity index is 1.86. The maximum absolute atomic E-state index is 13.5. The number of carbonyl (C=O) groups is 2. The number of esters is 1. The molecular formula is C28H25N3O4. The van der Waals surface area contributed by atoms with E-state index in [-0.39, 0.29) is 12.1 Å². The molecule has 0 radical (unpaired) electrons. The minimum absolute atomic E-state index is 0.174. The van der Waals surface area contributed by atoms with Gasteiger partial charge in [-0.1, -0.05) is 78.4 Å². The van der Waals surface area contributed by atoms with Crippen molar-refractivity contribution in [1.82, 2.24) is 9.78 Å². The Labute approximate surface area is 203 Å². The highest BCUT2D eigenvalue weighted by Gasteiger charge is 2.26. The fraction of sp³-hybridized carbons (Fsp3) is 0.143. The zero-order chi connectivity index (χ0) is 24.9. The molecule has 35 heavy (non-hydrogen) atoms. The second kappa shape index (κ2) is 10.2. The van der Waals surface area contributed by atoms with Crippen LogP contribution in [0.4, 0.5) is 5.69 Å². The highest BCUT2D eigenvalue weighted by Crippen LogP contribution is 2.32. The lowest BCUT2D eigenvalue weighted by atomic mass is 9.95. The van der Waals surface area contributed by atoms with Crippen LogP contribution in [0.3, 0.4) is 0 Å². The Morgan fingerprint density at radius 2 is 1.54 bits per heavy atom. The second-order valence-electron chi connectivity index (χ2n) is 8.15. The Morgan fingerprint density at radius 1 is 0.914 bits per heavy atom. The molecular weight excluding hydrogens is 442 g/mol. The van der Waals surface area contributed by atoms with E-state index in [0.717, 1.165) is 15.8 Å². The van der Waals surface area contributed by atoms with E-state index in [0.29, 0.717) is 28.1 Å². The van der Waals surface area contributed by atoms with Gasteiger partial charge in [0.05, 0.1) is 12.8 Å². The number of methoxy groups -OCH3 is 1. The SMILES string of the molecule is COC(=O)c1c(-c2ccccc2)c(-c2ccccc2)nn(CC(=O)Nc2ccc(C)cc2C)c1=O. The highest BCUT2D eigenvalue weighted by atomic mass is 16.5. The average Bonchev–Trinajstić information content (AvgIpc) is 2.87. The summed E-state index contributed by atoms with van der Waals surface area (Å²) in [6, 6.07) is 23.9. The fourth-order valence-electron chi connectivity index (χ4n) is 3.93. The summed E-state index contributed by atoms with van der Waals surface area (Å²) in [5.41, 5.74) is 3.84. The van der Waals surface area contributed by atoms with E-state index in [1.807, 2.05) is 80.6 Å². The summed E-state index contributed by atoms with van der Waals surface area (Å²) in [5.74, 6) is -1.23. The molecule has 4 aromatic rings. The quantitative estimate of drug-likeness (QED) is 0.418. The molecule has 0 saturated carbocycles. The number of aryl methyl sites for hydroxylation is 2. The van der Waals surface area contributed by atoms with Gasteiger partial charge in [-0.3, -0.25) is 9.59 Å². The van der Waals surface area contributed by atoms with Crippen LogP contribution in [0.5, 0.6) is 0 Å². The highest BCUT2D eigenvalue weighted by molar-refractivity contribution is 6.01. The molecule has 0 fully saturated rings. The van der Waals surface area contributed by atoms with Crippen LogP contribution >= 0.6 is 0 Å². The third kappa shape index (κ3) is 5.04. The van der Waals surface area contributed by atoms with E-state index in [4.69, 9.17) is 4.74 Å². The van der Waals surface area contributed by atoms with Crippen molar-refractivity contribution in [3.8, 4) is 22.4 Å². The number of anilines is 1. The number of carbonyl (C=O) groups excluding carboxylic acids is 2. The van der Waals surface area contributed by atoms with Gasteiger partial charge in [-0.2, -0.15) is 5.10 Å². The molecule has 3 aromatic carbocycles. The van der Waals surface area contributed by atoms with Gasteiger partial charge < -0.3 is 10.1 Å². The first-order valence-corrected chi connectivity index (χ1v) is 11.1. The summed E-state index contributed by atoms with van der Waals surface area (Å²) in [7, 11) is 1.22. The number of amides is 1. The summed E-state index contributed by atoms with van der Waals surface area (Å²) >= 11 is 0. The topological polar surface area (TPSA) is 90.3 Å². The smallest absolute Gasteiger partial charge is 0.344 e. The number of hydrogen-bond donors (Lipinski definition) is 1. The molecule has 1 heterocycles. The maximum Gasteiger partial charge on any atom is 0.344 e. The minimum atomic E-state index is -0.794. The van der Waals surface area contributed by atoms with E-state index < -0.39 is 17.4 Å². The van der Waals surface area contributed by atoms with Gasteiger partial charge in [0.15, 0.2) is 0 Å². The van der Waals surface area contributed by atoms with Gasteiger partial charge in [0, 0.05) is 16.8 Å². The van der Waals surface area contributed by atoms with Gasteiger partial charge in [0.1, 0.15) is 12.1 Å². The van der Waals surface area contributed by atoms with E-state index in [9.17, 15) is 14.4 Å². The van der Waals surface area contributed by atoms with Crippen molar-refractivity contribution >= 4 is 17.6 Å². The average molecular weight is 468 g/mol. The van der Waals surface area contributed by atoms with Gasteiger partial charge in [0.25, 0.3) is 5.56 Å². The Morgan fingerprint density at radius 3 is 2.14 bits per heavy atom. The van der Waals surface area contributed by atoms with Crippen molar-refractivity contribution in [1.29, 1.82) is 0 Å². The molecule has 1 aromatic heterocycles. The molecule has 0 spiro atoms. The number of hydrogen-bond acceptors (Lipinski definition) is 5. The molecule has 0 aliphatic carbocycles. The normalized spacial score (nSPS) is 10.6. The van der Waals surface area contributed by atoms with Crippen molar-refractivity contribution in [2.24, 2.45) is 0 Å². The van der Waals surface area contributed by atoms with Crippen LogP contribution < -0.4 is 10.9 Å². The molecule has 7 heteroatoms. The van der Waals surface area contributed by atoms with Gasteiger partial charge >= 0.3 is 5.97 Å². The Kier molecular flexibility index (Phi) is 6.87. The molecule has 0 bridgehead atoms. The van der Waals surface area contributed by atoms with Gasteiger partial charge in [0.2, 0.25) is 5.91 Å². The maximum atomic E-state index is 13.5. The first-order valence-electron chi connectivity index (χ1n) is 11.1. The molecule has 0 saturated heterocycles. The van der Waals surface area contributed by atoms with Crippen molar-refractivity contribution in [3.63, 3.8) is 0 Å². The molecule has 176 valence electrons. The zero-order valence-electron chi connectivity index (χ0n) is 19.7. The lowest BCUT2D eigenvalue weighted by Gasteiger charge is -2.16. The minimum Gasteiger partial charge on any atom is -0.465 e. The lowest BCUT2D eigenvalue weighted by molar-refractivity contribution is -0.117. The first-order chi connectivity index (χ1) is 16.9. The molecule has 1 N–H and O–H groups in total. The van der Waals surface area contributed by atoms with E-state index in [1.165, 1.54) is 7.11 Å². The summed E-state index contributed by atoms with van der Waals surface area (Å²) in [4.78, 5) is 39.2. The number of nitrogens with one attached hydrogen (secondary N) is 1. The Hall–Kier alpha value is -4.52. The Bertz CT molecular complexity index is 1440.